The van der Waals surface area contributed by atoms with Crippen LogP contribution in [0.4, 0.5) is 0 Å². The second kappa shape index (κ2) is 11.1. The normalized spacial score (nSPS) is 9.44. The van der Waals surface area contributed by atoms with Crippen molar-refractivity contribution in [3.05, 3.63) is 35.4 Å². The van der Waals surface area contributed by atoms with E-state index in [9.17, 15) is 13.2 Å². The van der Waals surface area contributed by atoms with Crippen molar-refractivity contribution in [3.63, 3.8) is 0 Å². The lowest BCUT2D eigenvalue weighted by Gasteiger charge is -1.97. The van der Waals surface area contributed by atoms with Gasteiger partial charge in [0.15, 0.2) is 5.78 Å². The number of aryl methyl sites for hydroxylation is 1. The molecule has 1 rings (SSSR count). The molecule has 0 N–H and O–H groups in total. The van der Waals surface area contributed by atoms with E-state index in [2.05, 4.69) is 41.4 Å². The first kappa shape index (κ1) is 20.6. The summed E-state index contributed by atoms with van der Waals surface area (Å²) in [5.74, 6) is 0.137. The number of halogens is 2. The van der Waals surface area contributed by atoms with Crippen LogP contribution in [0.15, 0.2) is 24.3 Å². The quantitative estimate of drug-likeness (QED) is 0.356. The zero-order valence-corrected chi connectivity index (χ0v) is 15.7. The molecule has 0 amide bonds. The van der Waals surface area contributed by atoms with E-state index in [1.54, 1.807) is 6.92 Å². The lowest BCUT2D eigenvalue weighted by Crippen LogP contribution is -1.95. The Bertz CT molecular complexity index is 458. The van der Waals surface area contributed by atoms with Gasteiger partial charge in [-0.05, 0) is 19.4 Å². The fourth-order valence-electron chi connectivity index (χ4n) is 0.968. The van der Waals surface area contributed by atoms with Crippen LogP contribution in [-0.2, 0) is 14.3 Å². The summed E-state index contributed by atoms with van der Waals surface area (Å²) >= 11 is 4.24. The molecule has 18 heavy (non-hydrogen) atoms. The Balaban J connectivity index is 0. The van der Waals surface area contributed by atoms with Crippen LogP contribution < -0.4 is 0 Å². The second-order valence-electron chi connectivity index (χ2n) is 3.24. The topological polar surface area (TPSA) is 60.4 Å². The third kappa shape index (κ3) is 11.4. The SMILES string of the molecule is CC(=O)c1ccccc1C.COS(C)(=O)=O.II. The van der Waals surface area contributed by atoms with Gasteiger partial charge in [0.2, 0.25) is 0 Å². The van der Waals surface area contributed by atoms with E-state index in [0.29, 0.717) is 0 Å². The molecule has 104 valence electrons. The van der Waals surface area contributed by atoms with Crippen LogP contribution in [0.5, 0.6) is 0 Å². The molecule has 1 aromatic rings. The first-order valence-corrected chi connectivity index (χ1v) is 12.8. The fraction of sp³-hybridized carbons (Fsp3) is 0.364. The zero-order chi connectivity index (χ0) is 14.8. The summed E-state index contributed by atoms with van der Waals surface area (Å²) in [5, 5.41) is 0. The van der Waals surface area contributed by atoms with Gasteiger partial charge in [-0.25, -0.2) is 0 Å². The molecule has 0 fully saturated rings. The molecule has 0 aliphatic rings. The van der Waals surface area contributed by atoms with Crippen molar-refractivity contribution in [3.8, 4) is 0 Å². The van der Waals surface area contributed by atoms with Crippen LogP contribution in [0.1, 0.15) is 22.8 Å². The Kier molecular flexibility index (Phi) is 12.7. The predicted octanol–water partition coefficient (Wildman–Crippen LogP) is 3.56. The van der Waals surface area contributed by atoms with Crippen molar-refractivity contribution < 1.29 is 17.4 Å². The lowest BCUT2D eigenvalue weighted by molar-refractivity contribution is 0.101. The molecule has 7 heteroatoms. The maximum absolute atomic E-state index is 10.9. The number of Topliss-reactive ketones (excluding diaryl/α,β-unsaturated/α-hetero) is 1. The highest BCUT2D eigenvalue weighted by molar-refractivity contribution is 15.0. The molecule has 4 nitrogen and oxygen atoms in total. The van der Waals surface area contributed by atoms with Crippen LogP contribution in [0.2, 0.25) is 0 Å². The average Bonchev–Trinajstić information content (AvgIpc) is 2.32. The average molecular weight is 498 g/mol. The highest BCUT2D eigenvalue weighted by atomic mass is 128. The fourth-order valence-corrected chi connectivity index (χ4v) is 0.968. The molecule has 0 bridgehead atoms. The Morgan fingerprint density at radius 3 is 1.83 bits per heavy atom. The molecule has 1 aromatic carbocycles. The van der Waals surface area contributed by atoms with Crippen LogP contribution in [-0.4, -0.2) is 27.6 Å². The molecule has 0 radical (unpaired) electrons. The summed E-state index contributed by atoms with van der Waals surface area (Å²) in [7, 11) is -2.04. The van der Waals surface area contributed by atoms with Crippen molar-refractivity contribution in [2.24, 2.45) is 0 Å². The van der Waals surface area contributed by atoms with Gasteiger partial charge in [-0.1, -0.05) is 24.3 Å². The summed E-state index contributed by atoms with van der Waals surface area (Å²) in [4.78, 5) is 10.9. The van der Waals surface area contributed by atoms with Crippen LogP contribution in [0, 0.1) is 6.92 Å². The van der Waals surface area contributed by atoms with E-state index < -0.39 is 10.1 Å². The van der Waals surface area contributed by atoms with Gasteiger partial charge in [-0.15, -0.1) is 0 Å². The monoisotopic (exact) mass is 498 g/mol. The van der Waals surface area contributed by atoms with Gasteiger partial charge < -0.3 is 0 Å². The summed E-state index contributed by atoms with van der Waals surface area (Å²) < 4.78 is 23.5. The van der Waals surface area contributed by atoms with E-state index >= 15 is 0 Å². The van der Waals surface area contributed by atoms with E-state index in [0.717, 1.165) is 24.5 Å². The molecule has 0 atom stereocenters. The van der Waals surface area contributed by atoms with Crippen molar-refractivity contribution in [1.29, 1.82) is 0 Å². The Labute approximate surface area is 132 Å². The van der Waals surface area contributed by atoms with Crippen LogP contribution in [0.3, 0.4) is 0 Å². The van der Waals surface area contributed by atoms with Crippen molar-refractivity contribution in [2.45, 2.75) is 13.8 Å². The van der Waals surface area contributed by atoms with Gasteiger partial charge in [-0.3, -0.25) is 8.98 Å². The summed E-state index contributed by atoms with van der Waals surface area (Å²) in [6, 6.07) is 7.60. The predicted molar refractivity (Wildman–Crippen MR) is 91.1 cm³/mol. The van der Waals surface area contributed by atoms with Gasteiger partial charge in [-0.2, -0.15) is 8.42 Å². The summed E-state index contributed by atoms with van der Waals surface area (Å²) in [6.45, 7) is 3.53. The minimum absolute atomic E-state index is 0.137. The van der Waals surface area contributed by atoms with E-state index in [1.807, 2.05) is 31.2 Å². The molecular formula is C11H16I2O4S. The lowest BCUT2D eigenvalue weighted by atomic mass is 10.1. The zero-order valence-electron chi connectivity index (χ0n) is 10.6. The first-order chi connectivity index (χ1) is 8.28. The van der Waals surface area contributed by atoms with Crippen LogP contribution >= 0.6 is 37.2 Å². The molecule has 0 heterocycles. The number of carbonyl (C=O) groups excluding carboxylic acids is 1. The van der Waals surface area contributed by atoms with Crippen molar-refractivity contribution >= 4 is 53.1 Å². The summed E-state index contributed by atoms with van der Waals surface area (Å²) in [5.41, 5.74) is 1.87. The molecule has 0 aromatic heterocycles. The molecule has 0 saturated carbocycles. The highest BCUT2D eigenvalue weighted by Crippen LogP contribution is 2.06. The number of carbonyl (C=O) groups is 1. The van der Waals surface area contributed by atoms with Crippen molar-refractivity contribution in [2.75, 3.05) is 13.4 Å². The largest absolute Gasteiger partial charge is 0.295 e. The number of ketones is 1. The third-order valence-electron chi connectivity index (χ3n) is 1.83. The van der Waals surface area contributed by atoms with Crippen molar-refractivity contribution in [1.82, 2.24) is 0 Å². The molecular weight excluding hydrogens is 482 g/mol. The number of rotatable bonds is 2. The second-order valence-corrected chi connectivity index (χ2v) is 4.98. The molecule has 0 aliphatic carbocycles. The van der Waals surface area contributed by atoms with E-state index in [4.69, 9.17) is 0 Å². The van der Waals surface area contributed by atoms with E-state index in [-0.39, 0.29) is 5.78 Å². The molecule has 0 unspecified atom stereocenters. The highest BCUT2D eigenvalue weighted by Gasteiger charge is 1.99. The number of benzene rings is 1. The standard InChI is InChI=1S/C9H10O.C2H6O3S.I2/c1-7-5-3-4-6-9(7)8(2)10;1-5-6(2,3)4;1-2/h3-6H,1-2H3;1-2H3;. The van der Waals surface area contributed by atoms with Gasteiger partial charge in [0.1, 0.15) is 0 Å². The maximum Gasteiger partial charge on any atom is 0.264 e. The van der Waals surface area contributed by atoms with Gasteiger partial charge >= 0.3 is 0 Å². The number of hydrogen-bond acceptors (Lipinski definition) is 4. The van der Waals surface area contributed by atoms with Gasteiger partial charge in [0.25, 0.3) is 10.1 Å². The molecule has 0 aliphatic heterocycles. The summed E-state index contributed by atoms with van der Waals surface area (Å²) in [6.07, 6.45) is 0.993. The molecule has 0 spiro atoms. The maximum atomic E-state index is 10.9. The number of hydrogen-bond donors (Lipinski definition) is 0. The smallest absolute Gasteiger partial charge is 0.264 e. The van der Waals surface area contributed by atoms with E-state index in [1.165, 1.54) is 0 Å². The minimum Gasteiger partial charge on any atom is -0.295 e. The van der Waals surface area contributed by atoms with Gasteiger partial charge in [0, 0.05) is 42.8 Å². The molecule has 0 saturated heterocycles. The Morgan fingerprint density at radius 1 is 1.22 bits per heavy atom. The van der Waals surface area contributed by atoms with Gasteiger partial charge in [0.05, 0.1) is 13.4 Å². The third-order valence-corrected chi connectivity index (χ3v) is 2.43. The first-order valence-electron chi connectivity index (χ1n) is 4.74. The minimum atomic E-state index is -3.16. The Hall–Kier alpha value is 0.260. The van der Waals surface area contributed by atoms with Crippen LogP contribution in [0.25, 0.3) is 0 Å². The Morgan fingerprint density at radius 2 is 1.61 bits per heavy atom.